The van der Waals surface area contributed by atoms with E-state index in [2.05, 4.69) is 15.9 Å². The minimum Gasteiger partial charge on any atom is -0.489 e. The van der Waals surface area contributed by atoms with Gasteiger partial charge in [0.15, 0.2) is 5.43 Å². The summed E-state index contributed by atoms with van der Waals surface area (Å²) in [5.74, 6) is 0.652. The molecule has 1 heterocycles. The van der Waals surface area contributed by atoms with Gasteiger partial charge >= 0.3 is 0 Å². The average Bonchev–Trinajstić information content (AvgIpc) is 2.47. The van der Waals surface area contributed by atoms with Gasteiger partial charge in [-0.05, 0) is 35.9 Å². The highest BCUT2D eigenvalue weighted by Gasteiger charge is 2.03. The number of ether oxygens (including phenoxy) is 1. The summed E-state index contributed by atoms with van der Waals surface area (Å²) in [6.45, 7) is 0.455. The van der Waals surface area contributed by atoms with E-state index in [-0.39, 0.29) is 5.43 Å². The molecule has 2 aromatic carbocycles. The minimum absolute atomic E-state index is 0.0691. The fourth-order valence-corrected chi connectivity index (χ4v) is 2.16. The zero-order valence-corrected chi connectivity index (χ0v) is 12.1. The maximum atomic E-state index is 11.7. The van der Waals surface area contributed by atoms with Crippen molar-refractivity contribution in [1.29, 1.82) is 0 Å². The van der Waals surface area contributed by atoms with Crippen LogP contribution in [0.2, 0.25) is 0 Å². The van der Waals surface area contributed by atoms with Gasteiger partial charge in [0.05, 0.1) is 11.6 Å². The lowest BCUT2D eigenvalue weighted by Crippen LogP contribution is -2.00. The van der Waals surface area contributed by atoms with Gasteiger partial charge in [0.25, 0.3) is 0 Å². The van der Waals surface area contributed by atoms with E-state index >= 15 is 0 Å². The molecule has 0 aliphatic carbocycles. The quantitative estimate of drug-likeness (QED) is 0.724. The molecular formula is C16H11BrO3. The van der Waals surface area contributed by atoms with Crippen LogP contribution in [0.4, 0.5) is 0 Å². The molecule has 0 unspecified atom stereocenters. The number of benzene rings is 2. The maximum absolute atomic E-state index is 11.7. The van der Waals surface area contributed by atoms with Crippen LogP contribution < -0.4 is 10.2 Å². The van der Waals surface area contributed by atoms with Gasteiger partial charge in [-0.25, -0.2) is 0 Å². The molecule has 0 aliphatic heterocycles. The molecule has 0 radical (unpaired) electrons. The van der Waals surface area contributed by atoms with Gasteiger partial charge in [-0.2, -0.15) is 0 Å². The predicted molar refractivity (Wildman–Crippen MR) is 81.0 cm³/mol. The Bertz CT molecular complexity index is 791. The summed E-state index contributed by atoms with van der Waals surface area (Å²) in [6.07, 6.45) is 1.40. The van der Waals surface area contributed by atoms with E-state index in [1.165, 1.54) is 12.3 Å². The van der Waals surface area contributed by atoms with E-state index in [0.29, 0.717) is 23.3 Å². The maximum Gasteiger partial charge on any atom is 0.192 e. The Morgan fingerprint density at radius 2 is 1.85 bits per heavy atom. The lowest BCUT2D eigenvalue weighted by atomic mass is 10.2. The molecule has 0 fully saturated rings. The molecule has 0 aliphatic rings. The van der Waals surface area contributed by atoms with Crippen molar-refractivity contribution in [3.05, 3.63) is 75.1 Å². The predicted octanol–water partition coefficient (Wildman–Crippen LogP) is 4.13. The Kier molecular flexibility index (Phi) is 3.56. The zero-order valence-electron chi connectivity index (χ0n) is 10.5. The highest BCUT2D eigenvalue weighted by molar-refractivity contribution is 9.10. The van der Waals surface area contributed by atoms with Gasteiger partial charge in [0, 0.05) is 10.5 Å². The molecule has 0 saturated carbocycles. The molecule has 100 valence electrons. The second kappa shape index (κ2) is 5.51. The highest BCUT2D eigenvalue weighted by Crippen LogP contribution is 2.19. The van der Waals surface area contributed by atoms with E-state index in [4.69, 9.17) is 9.15 Å². The molecule has 3 aromatic rings. The molecule has 4 heteroatoms. The molecule has 3 nitrogen and oxygen atoms in total. The van der Waals surface area contributed by atoms with Crippen molar-refractivity contribution in [2.45, 2.75) is 6.61 Å². The number of hydrogen-bond acceptors (Lipinski definition) is 3. The summed E-state index contributed by atoms with van der Waals surface area (Å²) in [7, 11) is 0. The highest BCUT2D eigenvalue weighted by atomic mass is 79.9. The molecular weight excluding hydrogens is 320 g/mol. The fraction of sp³-hybridized carbons (Fsp3) is 0.0625. The molecule has 0 atom stereocenters. The van der Waals surface area contributed by atoms with Crippen molar-refractivity contribution < 1.29 is 9.15 Å². The van der Waals surface area contributed by atoms with Crippen LogP contribution in [0.5, 0.6) is 5.75 Å². The Labute approximate surface area is 123 Å². The van der Waals surface area contributed by atoms with Crippen molar-refractivity contribution in [1.82, 2.24) is 0 Å². The van der Waals surface area contributed by atoms with Crippen molar-refractivity contribution in [2.75, 3.05) is 0 Å². The van der Waals surface area contributed by atoms with Gasteiger partial charge in [-0.1, -0.05) is 28.1 Å². The van der Waals surface area contributed by atoms with Crippen molar-refractivity contribution in [3.8, 4) is 5.75 Å². The summed E-state index contributed by atoms with van der Waals surface area (Å²) in [5.41, 5.74) is 1.56. The Morgan fingerprint density at radius 3 is 2.65 bits per heavy atom. The molecule has 0 saturated heterocycles. The second-order valence-corrected chi connectivity index (χ2v) is 5.27. The largest absolute Gasteiger partial charge is 0.489 e. The summed E-state index contributed by atoms with van der Waals surface area (Å²) in [6, 6.07) is 14.6. The first-order valence-electron chi connectivity index (χ1n) is 6.11. The lowest BCUT2D eigenvalue weighted by molar-refractivity contribution is 0.306. The van der Waals surface area contributed by atoms with Gasteiger partial charge < -0.3 is 9.15 Å². The number of rotatable bonds is 3. The Hall–Kier alpha value is -2.07. The Balaban J connectivity index is 1.82. The number of halogens is 1. The monoisotopic (exact) mass is 330 g/mol. The van der Waals surface area contributed by atoms with E-state index in [0.717, 1.165) is 10.0 Å². The average molecular weight is 331 g/mol. The van der Waals surface area contributed by atoms with Crippen LogP contribution in [-0.4, -0.2) is 0 Å². The van der Waals surface area contributed by atoms with E-state index in [1.54, 1.807) is 18.2 Å². The van der Waals surface area contributed by atoms with Crippen molar-refractivity contribution in [3.63, 3.8) is 0 Å². The van der Waals surface area contributed by atoms with Gasteiger partial charge in [0.2, 0.25) is 0 Å². The SMILES string of the molecule is O=c1ccoc2ccc(OCc3ccc(Br)cc3)cc12. The van der Waals surface area contributed by atoms with Crippen molar-refractivity contribution in [2.24, 2.45) is 0 Å². The molecule has 0 N–H and O–H groups in total. The van der Waals surface area contributed by atoms with Crippen LogP contribution in [0, 0.1) is 0 Å². The molecule has 0 spiro atoms. The topological polar surface area (TPSA) is 39.4 Å². The summed E-state index contributed by atoms with van der Waals surface area (Å²) < 4.78 is 12.0. The van der Waals surface area contributed by atoms with Gasteiger partial charge in [0.1, 0.15) is 17.9 Å². The smallest absolute Gasteiger partial charge is 0.192 e. The third-order valence-corrected chi connectivity index (χ3v) is 3.48. The summed E-state index contributed by atoms with van der Waals surface area (Å²) in [4.78, 5) is 11.7. The van der Waals surface area contributed by atoms with Crippen LogP contribution >= 0.6 is 15.9 Å². The zero-order chi connectivity index (χ0) is 13.9. The van der Waals surface area contributed by atoms with Crippen LogP contribution in [0.25, 0.3) is 11.0 Å². The van der Waals surface area contributed by atoms with E-state index < -0.39 is 0 Å². The Morgan fingerprint density at radius 1 is 1.05 bits per heavy atom. The first-order chi connectivity index (χ1) is 9.72. The van der Waals surface area contributed by atoms with Crippen LogP contribution in [0.3, 0.4) is 0 Å². The van der Waals surface area contributed by atoms with Crippen LogP contribution in [-0.2, 0) is 6.61 Å². The third kappa shape index (κ3) is 2.75. The minimum atomic E-state index is -0.0691. The third-order valence-electron chi connectivity index (χ3n) is 2.95. The number of hydrogen-bond donors (Lipinski definition) is 0. The molecule has 1 aromatic heterocycles. The molecule has 3 rings (SSSR count). The van der Waals surface area contributed by atoms with Crippen LogP contribution in [0.1, 0.15) is 5.56 Å². The van der Waals surface area contributed by atoms with Gasteiger partial charge in [-0.3, -0.25) is 4.79 Å². The molecule has 20 heavy (non-hydrogen) atoms. The second-order valence-electron chi connectivity index (χ2n) is 4.36. The van der Waals surface area contributed by atoms with E-state index in [9.17, 15) is 4.79 Å². The van der Waals surface area contributed by atoms with Crippen LogP contribution in [0.15, 0.2) is 68.5 Å². The standard InChI is InChI=1S/C16H11BrO3/c17-12-3-1-11(2-4-12)10-20-13-5-6-16-14(9-13)15(18)7-8-19-16/h1-9H,10H2. The fourth-order valence-electron chi connectivity index (χ4n) is 1.90. The first kappa shape index (κ1) is 12.9. The summed E-state index contributed by atoms with van der Waals surface area (Å²) >= 11 is 3.39. The van der Waals surface area contributed by atoms with E-state index in [1.807, 2.05) is 24.3 Å². The van der Waals surface area contributed by atoms with Crippen molar-refractivity contribution >= 4 is 26.9 Å². The molecule has 0 amide bonds. The van der Waals surface area contributed by atoms with Gasteiger partial charge in [-0.15, -0.1) is 0 Å². The summed E-state index contributed by atoms with van der Waals surface area (Å²) in [5, 5.41) is 0.529. The first-order valence-corrected chi connectivity index (χ1v) is 6.90. The number of fused-ring (bicyclic) bond motifs is 1. The molecule has 0 bridgehead atoms. The lowest BCUT2D eigenvalue weighted by Gasteiger charge is -2.07. The normalized spacial score (nSPS) is 10.7.